The number of likely N-dealkylation sites (N-methyl/N-ethyl adjacent to an activating group) is 1. The zero-order chi connectivity index (χ0) is 15.7. The summed E-state index contributed by atoms with van der Waals surface area (Å²) in [5.74, 6) is 0.302. The van der Waals surface area contributed by atoms with Gasteiger partial charge in [0.15, 0.2) is 0 Å². The van der Waals surface area contributed by atoms with Crippen LogP contribution in [0.4, 0.5) is 0 Å². The Morgan fingerprint density at radius 3 is 2.38 bits per heavy atom. The molecule has 0 aromatic carbocycles. The van der Waals surface area contributed by atoms with Gasteiger partial charge in [-0.25, -0.2) is 0 Å². The van der Waals surface area contributed by atoms with Crippen molar-refractivity contribution in [1.82, 2.24) is 15.1 Å². The third kappa shape index (κ3) is 2.98. The highest BCUT2D eigenvalue weighted by Crippen LogP contribution is 2.37. The first-order valence-corrected chi connectivity index (χ1v) is 8.65. The summed E-state index contributed by atoms with van der Waals surface area (Å²) in [4.78, 5) is 17.5. The Kier molecular flexibility index (Phi) is 4.99. The molecule has 2 fully saturated rings. The molecule has 0 spiro atoms. The van der Waals surface area contributed by atoms with E-state index in [1.54, 1.807) is 0 Å². The first kappa shape index (κ1) is 16.8. The number of carbonyl (C=O) groups is 1. The van der Waals surface area contributed by atoms with Crippen LogP contribution in [0, 0.1) is 0 Å². The highest BCUT2D eigenvalue weighted by Gasteiger charge is 2.49. The average Bonchev–Trinajstić information content (AvgIpc) is 3.01. The molecule has 1 saturated carbocycles. The van der Waals surface area contributed by atoms with E-state index in [9.17, 15) is 4.79 Å². The van der Waals surface area contributed by atoms with Gasteiger partial charge in [0.05, 0.1) is 11.7 Å². The molecule has 2 unspecified atom stereocenters. The maximum absolute atomic E-state index is 12.9. The van der Waals surface area contributed by atoms with Gasteiger partial charge in [0.25, 0.3) is 0 Å². The van der Waals surface area contributed by atoms with Crippen LogP contribution < -0.4 is 5.32 Å². The van der Waals surface area contributed by atoms with Crippen molar-refractivity contribution in [1.29, 1.82) is 0 Å². The fourth-order valence-corrected chi connectivity index (χ4v) is 4.00. The molecular formula is C17H33N3O. The standard InChI is InChI=1S/C17H33N3O/c1-6-10-14-18-16(3,7-2)15(21)20(14)13-17(19(4)5)11-8-9-12-17/h14,18H,6-13H2,1-5H3. The number of nitrogens with zero attached hydrogens (tertiary/aromatic N) is 2. The van der Waals surface area contributed by atoms with Gasteiger partial charge in [0, 0.05) is 12.1 Å². The maximum Gasteiger partial charge on any atom is 0.243 e. The molecule has 2 rings (SSSR count). The van der Waals surface area contributed by atoms with Crippen LogP contribution in [-0.2, 0) is 4.79 Å². The first-order chi connectivity index (χ1) is 9.88. The highest BCUT2D eigenvalue weighted by atomic mass is 16.2. The van der Waals surface area contributed by atoms with Crippen LogP contribution in [-0.4, -0.2) is 53.6 Å². The summed E-state index contributed by atoms with van der Waals surface area (Å²) in [6, 6.07) is 0. The van der Waals surface area contributed by atoms with Crippen LogP contribution in [0.2, 0.25) is 0 Å². The van der Waals surface area contributed by atoms with E-state index < -0.39 is 0 Å². The second kappa shape index (κ2) is 6.25. The minimum atomic E-state index is -0.369. The molecule has 0 radical (unpaired) electrons. The molecule has 0 aromatic heterocycles. The number of nitrogens with one attached hydrogen (secondary N) is 1. The Hall–Kier alpha value is -0.610. The summed E-state index contributed by atoms with van der Waals surface area (Å²) in [5, 5.41) is 3.61. The molecule has 1 aliphatic heterocycles. The van der Waals surface area contributed by atoms with Crippen LogP contribution in [0.15, 0.2) is 0 Å². The topological polar surface area (TPSA) is 35.6 Å². The molecule has 1 saturated heterocycles. The van der Waals surface area contributed by atoms with E-state index in [2.05, 4.69) is 50.0 Å². The van der Waals surface area contributed by atoms with E-state index in [1.165, 1.54) is 25.7 Å². The Balaban J connectivity index is 2.20. The summed E-state index contributed by atoms with van der Waals surface area (Å²) in [5.41, 5.74) is -0.186. The summed E-state index contributed by atoms with van der Waals surface area (Å²) in [7, 11) is 4.35. The van der Waals surface area contributed by atoms with Gasteiger partial charge in [-0.15, -0.1) is 0 Å². The molecule has 4 heteroatoms. The predicted octanol–water partition coefficient (Wildman–Crippen LogP) is 2.59. The minimum Gasteiger partial charge on any atom is -0.324 e. The van der Waals surface area contributed by atoms with E-state index in [0.717, 1.165) is 25.8 Å². The first-order valence-electron chi connectivity index (χ1n) is 8.65. The summed E-state index contributed by atoms with van der Waals surface area (Å²) < 4.78 is 0. The summed E-state index contributed by atoms with van der Waals surface area (Å²) in [6.45, 7) is 7.25. The van der Waals surface area contributed by atoms with E-state index in [0.29, 0.717) is 5.91 Å². The molecule has 2 atom stereocenters. The van der Waals surface area contributed by atoms with Gasteiger partial charge in [0.1, 0.15) is 0 Å². The Morgan fingerprint density at radius 1 is 1.29 bits per heavy atom. The van der Waals surface area contributed by atoms with Gasteiger partial charge in [-0.1, -0.05) is 33.1 Å². The van der Waals surface area contributed by atoms with Gasteiger partial charge in [-0.3, -0.25) is 10.1 Å². The van der Waals surface area contributed by atoms with Crippen LogP contribution in [0.25, 0.3) is 0 Å². The minimum absolute atomic E-state index is 0.183. The normalized spacial score (nSPS) is 32.4. The smallest absolute Gasteiger partial charge is 0.243 e. The van der Waals surface area contributed by atoms with Crippen LogP contribution >= 0.6 is 0 Å². The van der Waals surface area contributed by atoms with E-state index in [-0.39, 0.29) is 17.2 Å². The molecular weight excluding hydrogens is 262 g/mol. The molecule has 122 valence electrons. The van der Waals surface area contributed by atoms with Crippen LogP contribution in [0.5, 0.6) is 0 Å². The Bertz CT molecular complexity index is 376. The highest BCUT2D eigenvalue weighted by molar-refractivity contribution is 5.88. The van der Waals surface area contributed by atoms with Gasteiger partial charge in [0.2, 0.25) is 5.91 Å². The fraction of sp³-hybridized carbons (Fsp3) is 0.941. The van der Waals surface area contributed by atoms with Crippen molar-refractivity contribution in [3.05, 3.63) is 0 Å². The lowest BCUT2D eigenvalue weighted by molar-refractivity contribution is -0.134. The molecule has 0 aromatic rings. The number of amides is 1. The lowest BCUT2D eigenvalue weighted by Gasteiger charge is -2.41. The quantitative estimate of drug-likeness (QED) is 0.818. The molecule has 2 aliphatic rings. The lowest BCUT2D eigenvalue weighted by atomic mass is 9.93. The number of rotatable bonds is 6. The fourth-order valence-electron chi connectivity index (χ4n) is 4.00. The van der Waals surface area contributed by atoms with Gasteiger partial charge < -0.3 is 9.80 Å². The van der Waals surface area contributed by atoms with E-state index in [1.807, 2.05) is 0 Å². The molecule has 1 heterocycles. The summed E-state index contributed by atoms with van der Waals surface area (Å²) >= 11 is 0. The number of carbonyl (C=O) groups excluding carboxylic acids is 1. The number of hydrogen-bond acceptors (Lipinski definition) is 3. The maximum atomic E-state index is 12.9. The van der Waals surface area contributed by atoms with Crippen molar-refractivity contribution in [2.24, 2.45) is 0 Å². The van der Waals surface area contributed by atoms with Crippen molar-refractivity contribution in [3.63, 3.8) is 0 Å². The Morgan fingerprint density at radius 2 is 1.90 bits per heavy atom. The zero-order valence-electron chi connectivity index (χ0n) is 14.5. The lowest BCUT2D eigenvalue weighted by Crippen LogP contribution is -2.54. The Labute approximate surface area is 130 Å². The molecule has 1 N–H and O–H groups in total. The second-order valence-corrected chi connectivity index (χ2v) is 7.39. The van der Waals surface area contributed by atoms with Crippen LogP contribution in [0.1, 0.15) is 65.7 Å². The van der Waals surface area contributed by atoms with Crippen molar-refractivity contribution < 1.29 is 4.79 Å². The second-order valence-electron chi connectivity index (χ2n) is 7.39. The third-order valence-corrected chi connectivity index (χ3v) is 5.81. The van der Waals surface area contributed by atoms with Gasteiger partial charge >= 0.3 is 0 Å². The average molecular weight is 295 g/mol. The monoisotopic (exact) mass is 295 g/mol. The van der Waals surface area contributed by atoms with Gasteiger partial charge in [-0.05, 0) is 46.7 Å². The van der Waals surface area contributed by atoms with Crippen LogP contribution in [0.3, 0.4) is 0 Å². The number of hydrogen-bond donors (Lipinski definition) is 1. The zero-order valence-corrected chi connectivity index (χ0v) is 14.5. The molecule has 4 nitrogen and oxygen atoms in total. The van der Waals surface area contributed by atoms with Gasteiger partial charge in [-0.2, -0.15) is 0 Å². The van der Waals surface area contributed by atoms with E-state index >= 15 is 0 Å². The largest absolute Gasteiger partial charge is 0.324 e. The van der Waals surface area contributed by atoms with Crippen molar-refractivity contribution in [3.8, 4) is 0 Å². The van der Waals surface area contributed by atoms with Crippen molar-refractivity contribution >= 4 is 5.91 Å². The molecule has 21 heavy (non-hydrogen) atoms. The predicted molar refractivity (Wildman–Crippen MR) is 87.1 cm³/mol. The third-order valence-electron chi connectivity index (χ3n) is 5.81. The molecule has 1 amide bonds. The molecule has 0 bridgehead atoms. The van der Waals surface area contributed by atoms with Crippen molar-refractivity contribution in [2.45, 2.75) is 83.0 Å². The molecule has 1 aliphatic carbocycles. The summed E-state index contributed by atoms with van der Waals surface area (Å²) in [6.07, 6.45) is 8.23. The van der Waals surface area contributed by atoms with Crippen molar-refractivity contribution in [2.75, 3.05) is 20.6 Å². The SMILES string of the molecule is CCCC1NC(C)(CC)C(=O)N1CC1(N(C)C)CCCC1. The van der Waals surface area contributed by atoms with E-state index in [4.69, 9.17) is 0 Å².